The summed E-state index contributed by atoms with van der Waals surface area (Å²) in [6.45, 7) is 23.8. The van der Waals surface area contributed by atoms with Crippen molar-refractivity contribution in [2.45, 2.75) is 138 Å². The van der Waals surface area contributed by atoms with Gasteiger partial charge in [0, 0.05) is 12.0 Å². The van der Waals surface area contributed by atoms with Crippen LogP contribution < -0.4 is 10.6 Å². The summed E-state index contributed by atoms with van der Waals surface area (Å²) >= 11 is 0. The van der Waals surface area contributed by atoms with Crippen LogP contribution in [-0.2, 0) is 30.3 Å². The van der Waals surface area contributed by atoms with Gasteiger partial charge in [-0.3, -0.25) is 9.59 Å². The van der Waals surface area contributed by atoms with Crippen molar-refractivity contribution >= 4 is 23.9 Å². The van der Waals surface area contributed by atoms with Crippen LogP contribution >= 0.6 is 0 Å². The van der Waals surface area contributed by atoms with E-state index in [2.05, 4.69) is 10.6 Å². The number of benzene rings is 2. The Kier molecular flexibility index (Phi) is 13.2. The predicted octanol–water partition coefficient (Wildman–Crippen LogP) is 6.98. The monoisotopic (exact) mass is 651 g/mol. The quantitative estimate of drug-likeness (QED) is 0.254. The molecule has 0 heterocycles. The summed E-state index contributed by atoms with van der Waals surface area (Å²) in [4.78, 5) is 57.5. The number of amides is 3. The van der Waals surface area contributed by atoms with Crippen molar-refractivity contribution in [3.8, 4) is 0 Å². The summed E-state index contributed by atoms with van der Waals surface area (Å²) in [6, 6.07) is 12.0. The first-order chi connectivity index (χ1) is 21.5. The largest absolute Gasteiger partial charge is 0.458 e. The van der Waals surface area contributed by atoms with Gasteiger partial charge in [-0.2, -0.15) is 0 Å². The minimum absolute atomic E-state index is 0.195. The molecule has 0 aromatic heterocycles. The van der Waals surface area contributed by atoms with Crippen LogP contribution in [0.5, 0.6) is 0 Å². The Hall–Kier alpha value is -3.88. The molecule has 0 aliphatic carbocycles. The van der Waals surface area contributed by atoms with Crippen molar-refractivity contribution in [1.29, 1.82) is 0 Å². The van der Waals surface area contributed by atoms with Crippen molar-refractivity contribution in [2.24, 2.45) is 5.92 Å². The third-order valence-corrected chi connectivity index (χ3v) is 7.47. The van der Waals surface area contributed by atoms with Gasteiger partial charge in [0.2, 0.25) is 11.8 Å². The summed E-state index contributed by atoms with van der Waals surface area (Å²) in [7, 11) is 0. The molecule has 3 amide bonds. The Bertz CT molecular complexity index is 1360. The Morgan fingerprint density at radius 3 is 1.79 bits per heavy atom. The molecule has 47 heavy (non-hydrogen) atoms. The third kappa shape index (κ3) is 12.3. The molecule has 0 saturated heterocycles. The fourth-order valence-corrected chi connectivity index (χ4v) is 5.36. The third-order valence-electron chi connectivity index (χ3n) is 7.47. The van der Waals surface area contributed by atoms with Crippen molar-refractivity contribution in [2.75, 3.05) is 0 Å². The second kappa shape index (κ2) is 15.8. The first-order valence-electron chi connectivity index (χ1n) is 16.5. The summed E-state index contributed by atoms with van der Waals surface area (Å²) in [5, 5.41) is 5.77. The molecule has 260 valence electrons. The van der Waals surface area contributed by atoms with E-state index in [4.69, 9.17) is 9.47 Å². The van der Waals surface area contributed by atoms with Gasteiger partial charge in [0.25, 0.3) is 0 Å². The van der Waals surface area contributed by atoms with E-state index in [0.29, 0.717) is 12.0 Å². The molecule has 0 fully saturated rings. The second-order valence-electron chi connectivity index (χ2n) is 15.5. The van der Waals surface area contributed by atoms with Gasteiger partial charge in [-0.05, 0) is 93.2 Å². The highest BCUT2D eigenvalue weighted by molar-refractivity contribution is 5.94. The molecule has 4 atom stereocenters. The number of esters is 1. The number of aryl methyl sites for hydroxylation is 2. The summed E-state index contributed by atoms with van der Waals surface area (Å²) in [5.41, 5.74) is 0.815. The zero-order valence-electron chi connectivity index (χ0n) is 30.7. The van der Waals surface area contributed by atoms with Crippen molar-refractivity contribution in [1.82, 2.24) is 15.5 Å². The average molecular weight is 652 g/mol. The Morgan fingerprint density at radius 1 is 0.787 bits per heavy atom. The molecule has 2 rings (SSSR count). The maximum atomic E-state index is 14.8. The number of carbonyl (C=O) groups is 4. The molecule has 0 aliphatic rings. The van der Waals surface area contributed by atoms with Gasteiger partial charge in [-0.1, -0.05) is 79.9 Å². The van der Waals surface area contributed by atoms with E-state index >= 15 is 0 Å². The predicted molar refractivity (Wildman–Crippen MR) is 186 cm³/mol. The standard InChI is InChI=1S/C38H57N3O6/c1-14-26(4)30(40-35(45)47-38(11,12)13)33(43)41(36(5,6)7)31(28-21-24(2)20-25(3)22-28)32(42)39-29(34(44)46-37(8,9)10)23-27-18-16-15-17-19-27/h15-22,26,29-31H,14,23H2,1-13H3,(H,39,42)(H,40,45). The average Bonchev–Trinajstić information content (AvgIpc) is 2.90. The molecule has 0 aliphatic heterocycles. The Labute approximate surface area is 282 Å². The minimum Gasteiger partial charge on any atom is -0.458 e. The number of nitrogens with zero attached hydrogens (tertiary/aromatic N) is 1. The normalized spacial score (nSPS) is 14.7. The summed E-state index contributed by atoms with van der Waals surface area (Å²) in [6.07, 6.45) is 0.0630. The van der Waals surface area contributed by atoms with Gasteiger partial charge in [-0.15, -0.1) is 0 Å². The summed E-state index contributed by atoms with van der Waals surface area (Å²) < 4.78 is 11.3. The van der Waals surface area contributed by atoms with Crippen molar-refractivity contribution in [3.63, 3.8) is 0 Å². The molecule has 9 nitrogen and oxygen atoms in total. The minimum atomic E-state index is -1.14. The Morgan fingerprint density at radius 2 is 1.32 bits per heavy atom. The Balaban J connectivity index is 2.72. The van der Waals surface area contributed by atoms with E-state index in [1.54, 1.807) is 41.5 Å². The molecule has 2 aromatic rings. The van der Waals surface area contributed by atoms with Crippen LogP contribution in [0.3, 0.4) is 0 Å². The number of nitrogens with one attached hydrogen (secondary N) is 2. The lowest BCUT2D eigenvalue weighted by atomic mass is 9.90. The fraction of sp³-hybridized carbons (Fsp3) is 0.579. The number of hydrogen-bond acceptors (Lipinski definition) is 6. The van der Waals surface area contributed by atoms with Crippen LogP contribution in [0.15, 0.2) is 48.5 Å². The van der Waals surface area contributed by atoms with Crippen LogP contribution in [0.1, 0.15) is 111 Å². The zero-order valence-corrected chi connectivity index (χ0v) is 30.7. The highest BCUT2D eigenvalue weighted by atomic mass is 16.6. The molecule has 0 spiro atoms. The molecular weight excluding hydrogens is 594 g/mol. The molecule has 2 N–H and O–H groups in total. The lowest BCUT2D eigenvalue weighted by Gasteiger charge is -2.44. The highest BCUT2D eigenvalue weighted by Crippen LogP contribution is 2.33. The molecule has 9 heteroatoms. The van der Waals surface area contributed by atoms with Crippen molar-refractivity contribution in [3.05, 3.63) is 70.8 Å². The van der Waals surface area contributed by atoms with Gasteiger partial charge in [-0.25, -0.2) is 9.59 Å². The first kappa shape index (κ1) is 39.3. The lowest BCUT2D eigenvalue weighted by molar-refractivity contribution is -0.159. The second-order valence-corrected chi connectivity index (χ2v) is 15.5. The maximum absolute atomic E-state index is 14.8. The number of ether oxygens (including phenoxy) is 2. The van der Waals surface area contributed by atoms with Crippen LogP contribution in [-0.4, -0.2) is 57.6 Å². The van der Waals surface area contributed by atoms with E-state index in [0.717, 1.165) is 16.7 Å². The SMILES string of the molecule is CCC(C)C(NC(=O)OC(C)(C)C)C(=O)N(C(C(=O)NC(Cc1ccccc1)C(=O)OC(C)(C)C)c1cc(C)cc(C)c1)C(C)(C)C. The smallest absolute Gasteiger partial charge is 0.408 e. The zero-order chi connectivity index (χ0) is 35.9. The molecule has 0 radical (unpaired) electrons. The number of carbonyl (C=O) groups excluding carboxylic acids is 4. The fourth-order valence-electron chi connectivity index (χ4n) is 5.36. The molecule has 4 unspecified atom stereocenters. The van der Waals surface area contributed by atoms with Crippen molar-refractivity contribution < 1.29 is 28.7 Å². The van der Waals surface area contributed by atoms with Gasteiger partial charge in [0.15, 0.2) is 0 Å². The van der Waals surface area contributed by atoms with Crippen LogP contribution in [0, 0.1) is 19.8 Å². The number of alkyl carbamates (subject to hydrolysis) is 1. The van der Waals surface area contributed by atoms with Gasteiger partial charge >= 0.3 is 12.1 Å². The molecule has 0 saturated carbocycles. The van der Waals surface area contributed by atoms with Crippen LogP contribution in [0.25, 0.3) is 0 Å². The van der Waals surface area contributed by atoms with Crippen LogP contribution in [0.4, 0.5) is 4.79 Å². The van der Waals surface area contributed by atoms with Gasteiger partial charge in [0.05, 0.1) is 0 Å². The van der Waals surface area contributed by atoms with Gasteiger partial charge in [0.1, 0.15) is 29.3 Å². The maximum Gasteiger partial charge on any atom is 0.408 e. The van der Waals surface area contributed by atoms with E-state index in [9.17, 15) is 19.2 Å². The number of hydrogen-bond donors (Lipinski definition) is 2. The first-order valence-corrected chi connectivity index (χ1v) is 16.5. The van der Waals surface area contributed by atoms with E-state index in [-0.39, 0.29) is 12.3 Å². The van der Waals surface area contributed by atoms with E-state index < -0.39 is 58.7 Å². The molecular formula is C38H57N3O6. The summed E-state index contributed by atoms with van der Waals surface area (Å²) in [5.74, 6) is -1.83. The highest BCUT2D eigenvalue weighted by Gasteiger charge is 2.44. The molecule has 2 aromatic carbocycles. The number of rotatable bonds is 11. The lowest BCUT2D eigenvalue weighted by Crippen LogP contribution is -2.61. The van der Waals surface area contributed by atoms with E-state index in [1.165, 1.54) is 4.90 Å². The molecule has 0 bridgehead atoms. The van der Waals surface area contributed by atoms with E-state index in [1.807, 2.05) is 97.0 Å². The van der Waals surface area contributed by atoms with Crippen LogP contribution in [0.2, 0.25) is 0 Å². The topological polar surface area (TPSA) is 114 Å². The van der Waals surface area contributed by atoms with Gasteiger partial charge < -0.3 is 25.0 Å².